The lowest BCUT2D eigenvalue weighted by Crippen LogP contribution is -2.45. The number of piperidine rings is 1. The van der Waals surface area contributed by atoms with Crippen LogP contribution in [0.5, 0.6) is 0 Å². The van der Waals surface area contributed by atoms with Gasteiger partial charge in [-0.2, -0.15) is 0 Å². The molecule has 1 aromatic heterocycles. The van der Waals surface area contributed by atoms with E-state index in [-0.39, 0.29) is 6.54 Å². The molecule has 1 aliphatic heterocycles. The Morgan fingerprint density at radius 1 is 1.50 bits per heavy atom. The number of likely N-dealkylation sites (tertiary alicyclic amines) is 1. The van der Waals surface area contributed by atoms with Gasteiger partial charge in [-0.25, -0.2) is 8.78 Å². The van der Waals surface area contributed by atoms with Crippen LogP contribution < -0.4 is 10.6 Å². The number of nitrogens with zero attached hydrogens (tertiary/aromatic N) is 2. The lowest BCUT2D eigenvalue weighted by atomic mass is 9.88. The fourth-order valence-corrected chi connectivity index (χ4v) is 3.99. The van der Waals surface area contributed by atoms with Crippen LogP contribution in [0.3, 0.4) is 0 Å². The van der Waals surface area contributed by atoms with Gasteiger partial charge in [0.15, 0.2) is 5.96 Å². The third-order valence-electron chi connectivity index (χ3n) is 4.02. The normalized spacial score (nSPS) is 23.8. The van der Waals surface area contributed by atoms with Crippen molar-refractivity contribution in [2.45, 2.75) is 25.3 Å². The highest BCUT2D eigenvalue weighted by Crippen LogP contribution is 2.36. The minimum absolute atomic E-state index is 0.376. The van der Waals surface area contributed by atoms with E-state index in [1.54, 1.807) is 18.4 Å². The number of aliphatic imine (C=N–C) groups is 1. The Morgan fingerprint density at radius 3 is 2.95 bits per heavy atom. The van der Waals surface area contributed by atoms with E-state index in [0.717, 1.165) is 25.9 Å². The molecule has 0 aromatic carbocycles. The first-order chi connectivity index (χ1) is 10.6. The zero-order valence-electron chi connectivity index (χ0n) is 13.1. The Balaban J connectivity index is 1.94. The molecule has 1 aliphatic rings. The van der Waals surface area contributed by atoms with Crippen molar-refractivity contribution >= 4 is 17.3 Å². The Kier molecular flexibility index (Phi) is 6.57. The molecule has 0 aliphatic carbocycles. The van der Waals surface area contributed by atoms with Crippen LogP contribution in [0, 0.1) is 5.92 Å². The highest BCUT2D eigenvalue weighted by molar-refractivity contribution is 7.10. The smallest absolute Gasteiger partial charge is 0.255 e. The van der Waals surface area contributed by atoms with Gasteiger partial charge in [0, 0.05) is 24.5 Å². The summed E-state index contributed by atoms with van der Waals surface area (Å²) >= 11 is 1.78. The third-order valence-corrected chi connectivity index (χ3v) is 4.96. The number of nitrogens with one attached hydrogen (secondary N) is 2. The van der Waals surface area contributed by atoms with Gasteiger partial charge in [0.25, 0.3) is 6.43 Å². The van der Waals surface area contributed by atoms with E-state index in [2.05, 4.69) is 45.1 Å². The van der Waals surface area contributed by atoms with Gasteiger partial charge in [-0.05, 0) is 43.8 Å². The average molecular weight is 330 g/mol. The maximum absolute atomic E-state index is 12.3. The van der Waals surface area contributed by atoms with Gasteiger partial charge in [0.05, 0.1) is 6.54 Å². The Labute approximate surface area is 134 Å². The van der Waals surface area contributed by atoms with Crippen molar-refractivity contribution < 1.29 is 8.78 Å². The predicted octanol–water partition coefficient (Wildman–Crippen LogP) is 2.56. The number of guanidine groups is 1. The molecule has 124 valence electrons. The SMILES string of the molecule is CN=C(NCC(F)F)NCC1CCCN(C)C1c1cccs1. The molecule has 2 atom stereocenters. The largest absolute Gasteiger partial charge is 0.356 e. The van der Waals surface area contributed by atoms with E-state index in [1.165, 1.54) is 4.88 Å². The molecule has 2 unspecified atom stereocenters. The molecule has 4 nitrogen and oxygen atoms in total. The number of hydrogen-bond acceptors (Lipinski definition) is 3. The van der Waals surface area contributed by atoms with E-state index in [1.807, 2.05) is 0 Å². The van der Waals surface area contributed by atoms with Crippen molar-refractivity contribution in [1.82, 2.24) is 15.5 Å². The lowest BCUT2D eigenvalue weighted by molar-refractivity contribution is 0.125. The number of hydrogen-bond donors (Lipinski definition) is 2. The van der Waals surface area contributed by atoms with Crippen molar-refractivity contribution in [3.63, 3.8) is 0 Å². The first-order valence-corrected chi connectivity index (χ1v) is 8.46. The molecule has 0 bridgehead atoms. The second-order valence-corrected chi connectivity index (χ2v) is 6.55. The highest BCUT2D eigenvalue weighted by Gasteiger charge is 2.31. The molecule has 2 N–H and O–H groups in total. The zero-order chi connectivity index (χ0) is 15.9. The van der Waals surface area contributed by atoms with Gasteiger partial charge in [-0.1, -0.05) is 6.07 Å². The van der Waals surface area contributed by atoms with Crippen LogP contribution in [0.2, 0.25) is 0 Å². The average Bonchev–Trinajstić information content (AvgIpc) is 3.01. The fourth-order valence-electron chi connectivity index (χ4n) is 3.00. The van der Waals surface area contributed by atoms with Crippen LogP contribution in [0.1, 0.15) is 23.8 Å². The maximum atomic E-state index is 12.3. The molecular formula is C15H24F2N4S. The molecule has 0 saturated carbocycles. The minimum Gasteiger partial charge on any atom is -0.356 e. The molecule has 2 rings (SSSR count). The highest BCUT2D eigenvalue weighted by atomic mass is 32.1. The maximum Gasteiger partial charge on any atom is 0.255 e. The van der Waals surface area contributed by atoms with E-state index < -0.39 is 6.43 Å². The number of thiophene rings is 1. The second kappa shape index (κ2) is 8.43. The van der Waals surface area contributed by atoms with E-state index in [0.29, 0.717) is 17.9 Å². The van der Waals surface area contributed by atoms with Crippen LogP contribution in [0.25, 0.3) is 0 Å². The van der Waals surface area contributed by atoms with Crippen LogP contribution in [-0.4, -0.2) is 51.0 Å². The summed E-state index contributed by atoms with van der Waals surface area (Å²) in [4.78, 5) is 7.75. The summed E-state index contributed by atoms with van der Waals surface area (Å²) in [5.41, 5.74) is 0. The van der Waals surface area contributed by atoms with Gasteiger partial charge in [-0.3, -0.25) is 9.89 Å². The Bertz CT molecular complexity index is 464. The first-order valence-electron chi connectivity index (χ1n) is 7.58. The standard InChI is InChI=1S/C15H24F2N4S/c1-18-15(20-10-13(16)17)19-9-11-5-3-7-21(2)14(11)12-6-4-8-22-12/h4,6,8,11,13-14H,3,5,7,9-10H2,1-2H3,(H2,18,19,20). The first kappa shape index (κ1) is 17.1. The quantitative estimate of drug-likeness (QED) is 0.644. The van der Waals surface area contributed by atoms with Crippen molar-refractivity contribution in [3.8, 4) is 0 Å². The summed E-state index contributed by atoms with van der Waals surface area (Å²) in [5.74, 6) is 0.890. The van der Waals surface area contributed by atoms with Gasteiger partial charge >= 0.3 is 0 Å². The molecule has 22 heavy (non-hydrogen) atoms. The van der Waals surface area contributed by atoms with Gasteiger partial charge in [0.1, 0.15) is 0 Å². The lowest BCUT2D eigenvalue weighted by Gasteiger charge is -2.39. The van der Waals surface area contributed by atoms with Crippen molar-refractivity contribution in [2.75, 3.05) is 33.7 Å². The molecule has 7 heteroatoms. The molecular weight excluding hydrogens is 306 g/mol. The number of rotatable bonds is 5. The third kappa shape index (κ3) is 4.64. The van der Waals surface area contributed by atoms with Gasteiger partial charge < -0.3 is 10.6 Å². The van der Waals surface area contributed by atoms with E-state index in [9.17, 15) is 8.78 Å². The summed E-state index contributed by atoms with van der Waals surface area (Å²) in [6.07, 6.45) is -0.0854. The molecule has 2 heterocycles. The Hall–Kier alpha value is -1.21. The monoisotopic (exact) mass is 330 g/mol. The van der Waals surface area contributed by atoms with Crippen LogP contribution in [0.4, 0.5) is 8.78 Å². The predicted molar refractivity (Wildman–Crippen MR) is 87.8 cm³/mol. The summed E-state index contributed by atoms with van der Waals surface area (Å²) in [5, 5.41) is 7.94. The zero-order valence-corrected chi connectivity index (χ0v) is 13.9. The van der Waals surface area contributed by atoms with Crippen LogP contribution in [0.15, 0.2) is 22.5 Å². The molecule has 1 fully saturated rings. The summed E-state index contributed by atoms with van der Waals surface area (Å²) < 4.78 is 24.5. The Morgan fingerprint density at radius 2 is 2.32 bits per heavy atom. The van der Waals surface area contributed by atoms with Crippen LogP contribution in [-0.2, 0) is 0 Å². The molecule has 0 spiro atoms. The van der Waals surface area contributed by atoms with Gasteiger partial charge in [0.2, 0.25) is 0 Å². The van der Waals surface area contributed by atoms with E-state index >= 15 is 0 Å². The van der Waals surface area contributed by atoms with Crippen molar-refractivity contribution in [2.24, 2.45) is 10.9 Å². The second-order valence-electron chi connectivity index (χ2n) is 5.57. The number of alkyl halides is 2. The molecule has 0 radical (unpaired) electrons. The molecule has 1 saturated heterocycles. The molecule has 0 amide bonds. The van der Waals surface area contributed by atoms with Crippen molar-refractivity contribution in [3.05, 3.63) is 22.4 Å². The van der Waals surface area contributed by atoms with Gasteiger partial charge in [-0.15, -0.1) is 11.3 Å². The molecule has 1 aromatic rings. The summed E-state index contributed by atoms with van der Waals surface area (Å²) in [6.45, 7) is 1.45. The topological polar surface area (TPSA) is 39.7 Å². The fraction of sp³-hybridized carbons (Fsp3) is 0.667. The van der Waals surface area contributed by atoms with Crippen molar-refractivity contribution in [1.29, 1.82) is 0 Å². The minimum atomic E-state index is -2.38. The van der Waals surface area contributed by atoms with E-state index in [4.69, 9.17) is 0 Å². The number of halogens is 2. The summed E-state index contributed by atoms with van der Waals surface area (Å²) in [7, 11) is 3.75. The van der Waals surface area contributed by atoms with Crippen LogP contribution >= 0.6 is 11.3 Å². The summed E-state index contributed by atoms with van der Waals surface area (Å²) in [6, 6.07) is 4.64.